The third-order valence-electron chi connectivity index (χ3n) is 2.64. The van der Waals surface area contributed by atoms with Crippen LogP contribution in [0.1, 0.15) is 46.1 Å². The Morgan fingerprint density at radius 3 is 2.53 bits per heavy atom. The highest BCUT2D eigenvalue weighted by Gasteiger charge is 2.14. The molecule has 0 fully saturated rings. The molecule has 0 saturated carbocycles. The van der Waals surface area contributed by atoms with Gasteiger partial charge in [0.2, 0.25) is 0 Å². The van der Waals surface area contributed by atoms with Gasteiger partial charge in [0, 0.05) is 0 Å². The van der Waals surface area contributed by atoms with E-state index >= 15 is 0 Å². The highest BCUT2D eigenvalue weighted by Crippen LogP contribution is 2.26. The molecule has 1 radical (unpaired) electrons. The molecule has 0 aliphatic heterocycles. The van der Waals surface area contributed by atoms with E-state index in [9.17, 15) is 0 Å². The van der Waals surface area contributed by atoms with Crippen molar-refractivity contribution >= 4 is 0 Å². The Morgan fingerprint density at radius 1 is 1.27 bits per heavy atom. The second kappa shape index (κ2) is 5.34. The molecule has 0 heteroatoms. The van der Waals surface area contributed by atoms with Gasteiger partial charge in [0.15, 0.2) is 0 Å². The standard InChI is InChI=1S/C15H23/c1-13(12-15(2,3)4)10-11-14-8-6-5-7-9-14/h5-8,13H,10-12H2,1-4H3. The van der Waals surface area contributed by atoms with Crippen LogP contribution in [-0.4, -0.2) is 0 Å². The largest absolute Gasteiger partial charge is 0.0625 e. The van der Waals surface area contributed by atoms with Gasteiger partial charge in [-0.25, -0.2) is 0 Å². The summed E-state index contributed by atoms with van der Waals surface area (Å²) in [5, 5.41) is 0. The number of hydrogen-bond donors (Lipinski definition) is 0. The van der Waals surface area contributed by atoms with Crippen LogP contribution in [0.3, 0.4) is 0 Å². The van der Waals surface area contributed by atoms with Gasteiger partial charge >= 0.3 is 0 Å². The number of aryl methyl sites for hydroxylation is 1. The molecular weight excluding hydrogens is 180 g/mol. The molecule has 0 spiro atoms. The summed E-state index contributed by atoms with van der Waals surface area (Å²) in [5.41, 5.74) is 1.80. The third kappa shape index (κ3) is 5.61. The van der Waals surface area contributed by atoms with Gasteiger partial charge in [0.1, 0.15) is 0 Å². The molecule has 0 N–H and O–H groups in total. The Kier molecular flexibility index (Phi) is 4.38. The van der Waals surface area contributed by atoms with Gasteiger partial charge in [-0.05, 0) is 42.2 Å². The summed E-state index contributed by atoms with van der Waals surface area (Å²) in [6.45, 7) is 9.31. The minimum atomic E-state index is 0.458. The van der Waals surface area contributed by atoms with Gasteiger partial charge < -0.3 is 0 Å². The van der Waals surface area contributed by atoms with Crippen molar-refractivity contribution in [1.82, 2.24) is 0 Å². The normalized spacial score (nSPS) is 13.9. The highest BCUT2D eigenvalue weighted by molar-refractivity contribution is 5.12. The van der Waals surface area contributed by atoms with Crippen molar-refractivity contribution in [2.75, 3.05) is 0 Å². The van der Waals surface area contributed by atoms with Crippen molar-refractivity contribution in [1.29, 1.82) is 0 Å². The van der Waals surface area contributed by atoms with Crippen LogP contribution in [0, 0.1) is 17.4 Å². The molecule has 0 aliphatic carbocycles. The first-order valence-corrected chi connectivity index (χ1v) is 5.93. The molecule has 83 valence electrons. The fourth-order valence-corrected chi connectivity index (χ4v) is 2.14. The van der Waals surface area contributed by atoms with Crippen molar-refractivity contribution in [3.8, 4) is 0 Å². The zero-order chi connectivity index (χ0) is 11.3. The Hall–Kier alpha value is -0.780. The summed E-state index contributed by atoms with van der Waals surface area (Å²) in [6, 6.07) is 11.6. The lowest BCUT2D eigenvalue weighted by molar-refractivity contribution is 0.297. The first kappa shape index (κ1) is 12.3. The zero-order valence-electron chi connectivity index (χ0n) is 10.5. The van der Waals surface area contributed by atoms with Gasteiger partial charge in [-0.15, -0.1) is 0 Å². The SMILES string of the molecule is CC(CCc1[c]cccc1)CC(C)(C)C. The number of hydrogen-bond acceptors (Lipinski definition) is 0. The topological polar surface area (TPSA) is 0 Å². The van der Waals surface area contributed by atoms with Crippen LogP contribution >= 0.6 is 0 Å². The monoisotopic (exact) mass is 203 g/mol. The maximum Gasteiger partial charge on any atom is -0.0149 e. The van der Waals surface area contributed by atoms with Crippen molar-refractivity contribution in [3.05, 3.63) is 35.9 Å². The van der Waals surface area contributed by atoms with Crippen LogP contribution in [-0.2, 0) is 6.42 Å². The van der Waals surface area contributed by atoms with E-state index in [0.29, 0.717) is 5.41 Å². The molecule has 0 aliphatic rings. The van der Waals surface area contributed by atoms with E-state index in [0.717, 1.165) is 12.3 Å². The fourth-order valence-electron chi connectivity index (χ4n) is 2.14. The van der Waals surface area contributed by atoms with Crippen LogP contribution in [0.15, 0.2) is 24.3 Å². The molecule has 0 saturated heterocycles. The van der Waals surface area contributed by atoms with Crippen LogP contribution in [0.25, 0.3) is 0 Å². The Bertz CT molecular complexity index is 266. The van der Waals surface area contributed by atoms with E-state index in [-0.39, 0.29) is 0 Å². The lowest BCUT2D eigenvalue weighted by Crippen LogP contribution is -2.11. The Labute approximate surface area is 94.7 Å². The minimum Gasteiger partial charge on any atom is -0.0625 e. The molecule has 0 amide bonds. The van der Waals surface area contributed by atoms with E-state index < -0.39 is 0 Å². The average molecular weight is 203 g/mol. The Morgan fingerprint density at radius 2 is 2.00 bits per heavy atom. The fraction of sp³-hybridized carbons (Fsp3) is 0.600. The summed E-state index contributed by atoms with van der Waals surface area (Å²) < 4.78 is 0. The van der Waals surface area contributed by atoms with E-state index in [4.69, 9.17) is 0 Å². The summed E-state index contributed by atoms with van der Waals surface area (Å²) in [7, 11) is 0. The molecule has 1 aromatic rings. The average Bonchev–Trinajstić information content (AvgIpc) is 2.14. The van der Waals surface area contributed by atoms with Crippen LogP contribution in [0.2, 0.25) is 0 Å². The molecule has 1 rings (SSSR count). The van der Waals surface area contributed by atoms with Crippen LogP contribution in [0.5, 0.6) is 0 Å². The predicted molar refractivity (Wildman–Crippen MR) is 66.8 cm³/mol. The van der Waals surface area contributed by atoms with E-state index in [1.165, 1.54) is 18.4 Å². The molecule has 1 unspecified atom stereocenters. The molecule has 1 aromatic carbocycles. The highest BCUT2D eigenvalue weighted by atomic mass is 14.2. The summed E-state index contributed by atoms with van der Waals surface area (Å²) in [4.78, 5) is 0. The predicted octanol–water partition coefficient (Wildman–Crippen LogP) is 4.49. The smallest absolute Gasteiger partial charge is 0.0149 e. The molecule has 0 nitrogen and oxygen atoms in total. The van der Waals surface area contributed by atoms with Gasteiger partial charge in [0.05, 0.1) is 0 Å². The number of benzene rings is 1. The quantitative estimate of drug-likeness (QED) is 0.676. The first-order chi connectivity index (χ1) is 6.97. The van der Waals surface area contributed by atoms with Crippen molar-refractivity contribution < 1.29 is 0 Å². The molecule has 0 bridgehead atoms. The lowest BCUT2D eigenvalue weighted by atomic mass is 9.83. The summed E-state index contributed by atoms with van der Waals surface area (Å²) in [6.07, 6.45) is 3.75. The molecule has 0 aromatic heterocycles. The van der Waals surface area contributed by atoms with Gasteiger partial charge in [-0.2, -0.15) is 0 Å². The summed E-state index contributed by atoms with van der Waals surface area (Å²) >= 11 is 0. The maximum absolute atomic E-state index is 3.29. The third-order valence-corrected chi connectivity index (χ3v) is 2.64. The van der Waals surface area contributed by atoms with Crippen LogP contribution in [0.4, 0.5) is 0 Å². The lowest BCUT2D eigenvalue weighted by Gasteiger charge is -2.23. The molecule has 0 heterocycles. The second-order valence-corrected chi connectivity index (χ2v) is 5.80. The van der Waals surface area contributed by atoms with Crippen molar-refractivity contribution in [2.24, 2.45) is 11.3 Å². The molecular formula is C15H23. The van der Waals surface area contributed by atoms with Crippen LogP contribution < -0.4 is 0 Å². The van der Waals surface area contributed by atoms with E-state index in [1.807, 2.05) is 12.1 Å². The maximum atomic E-state index is 3.29. The van der Waals surface area contributed by atoms with Gasteiger partial charge in [-0.3, -0.25) is 0 Å². The molecule has 15 heavy (non-hydrogen) atoms. The minimum absolute atomic E-state index is 0.458. The number of rotatable bonds is 4. The first-order valence-electron chi connectivity index (χ1n) is 5.93. The summed E-state index contributed by atoms with van der Waals surface area (Å²) in [5.74, 6) is 0.804. The van der Waals surface area contributed by atoms with Crippen molar-refractivity contribution in [2.45, 2.75) is 47.0 Å². The van der Waals surface area contributed by atoms with E-state index in [1.54, 1.807) is 0 Å². The van der Waals surface area contributed by atoms with E-state index in [2.05, 4.69) is 45.9 Å². The van der Waals surface area contributed by atoms with Gasteiger partial charge in [0.25, 0.3) is 0 Å². The second-order valence-electron chi connectivity index (χ2n) is 5.80. The zero-order valence-corrected chi connectivity index (χ0v) is 10.5. The van der Waals surface area contributed by atoms with Gasteiger partial charge in [-0.1, -0.05) is 52.0 Å². The molecule has 1 atom stereocenters. The Balaban J connectivity index is 2.32. The van der Waals surface area contributed by atoms with Crippen molar-refractivity contribution in [3.63, 3.8) is 0 Å².